The van der Waals surface area contributed by atoms with E-state index < -0.39 is 0 Å². The van der Waals surface area contributed by atoms with E-state index in [-0.39, 0.29) is 17.7 Å². The number of Topliss-reactive ketones (excluding diaryl/α,β-unsaturated/α-hetero) is 1. The van der Waals surface area contributed by atoms with Crippen LogP contribution in [-0.4, -0.2) is 37.3 Å². The van der Waals surface area contributed by atoms with Gasteiger partial charge in [-0.05, 0) is 18.2 Å². The van der Waals surface area contributed by atoms with Crippen molar-refractivity contribution in [1.29, 1.82) is 0 Å². The number of rotatable bonds is 3. The summed E-state index contributed by atoms with van der Waals surface area (Å²) >= 11 is 11.6. The molecule has 17 heavy (non-hydrogen) atoms. The van der Waals surface area contributed by atoms with Crippen molar-refractivity contribution in [3.05, 3.63) is 29.3 Å². The van der Waals surface area contributed by atoms with Gasteiger partial charge in [0.05, 0.1) is 5.88 Å². The van der Waals surface area contributed by atoms with Gasteiger partial charge in [-0.15, -0.1) is 11.6 Å². The van der Waals surface area contributed by atoms with Gasteiger partial charge in [0.2, 0.25) is 0 Å². The van der Waals surface area contributed by atoms with Crippen molar-refractivity contribution in [1.82, 2.24) is 5.32 Å². The van der Waals surface area contributed by atoms with Gasteiger partial charge in [-0.2, -0.15) is 0 Å². The van der Waals surface area contributed by atoms with Gasteiger partial charge in [-0.25, -0.2) is 0 Å². The largest absolute Gasteiger partial charge is 0.359 e. The summed E-state index contributed by atoms with van der Waals surface area (Å²) in [5.74, 6) is 0.0856. The molecule has 1 aromatic rings. The number of piperazine rings is 1. The number of nitrogens with zero attached hydrogens (tertiary/aromatic N) is 1. The molecule has 0 spiro atoms. The quantitative estimate of drug-likeness (QED) is 0.854. The van der Waals surface area contributed by atoms with E-state index in [0.717, 1.165) is 18.8 Å². The van der Waals surface area contributed by atoms with Crippen molar-refractivity contribution < 1.29 is 4.79 Å². The van der Waals surface area contributed by atoms with Crippen LogP contribution in [-0.2, 0) is 4.79 Å². The van der Waals surface area contributed by atoms with Gasteiger partial charge in [-0.3, -0.25) is 4.79 Å². The zero-order chi connectivity index (χ0) is 12.3. The lowest BCUT2D eigenvalue weighted by Gasteiger charge is -2.36. The second kappa shape index (κ2) is 5.71. The van der Waals surface area contributed by atoms with Crippen LogP contribution in [0.5, 0.6) is 0 Å². The Hall–Kier alpha value is -0.770. The Morgan fingerprint density at radius 1 is 1.53 bits per heavy atom. The van der Waals surface area contributed by atoms with E-state index in [4.69, 9.17) is 23.2 Å². The number of carbonyl (C=O) groups excluding carboxylic acids is 1. The Morgan fingerprint density at radius 2 is 2.35 bits per heavy atom. The van der Waals surface area contributed by atoms with Crippen LogP contribution in [0.3, 0.4) is 0 Å². The Labute approximate surface area is 111 Å². The van der Waals surface area contributed by atoms with Gasteiger partial charge in [0, 0.05) is 30.3 Å². The minimum Gasteiger partial charge on any atom is -0.359 e. The van der Waals surface area contributed by atoms with E-state index in [1.165, 1.54) is 0 Å². The molecule has 92 valence electrons. The fraction of sp³-hybridized carbons (Fsp3) is 0.417. The van der Waals surface area contributed by atoms with Crippen LogP contribution in [0.25, 0.3) is 0 Å². The molecule has 0 aliphatic carbocycles. The van der Waals surface area contributed by atoms with Crippen molar-refractivity contribution in [2.75, 3.05) is 30.4 Å². The standard InChI is InChI=1S/C12H14Cl2N2O/c13-7-12(17)11-8-15-4-5-16(11)10-3-1-2-9(14)6-10/h1-3,6,11,15H,4-5,7-8H2. The lowest BCUT2D eigenvalue weighted by molar-refractivity contribution is -0.118. The summed E-state index contributed by atoms with van der Waals surface area (Å²) < 4.78 is 0. The van der Waals surface area contributed by atoms with Crippen LogP contribution in [0, 0.1) is 0 Å². The highest BCUT2D eigenvalue weighted by molar-refractivity contribution is 6.31. The monoisotopic (exact) mass is 272 g/mol. The molecule has 0 aromatic heterocycles. The summed E-state index contributed by atoms with van der Waals surface area (Å²) in [5, 5.41) is 3.89. The number of ketones is 1. The molecule has 0 saturated carbocycles. The third kappa shape index (κ3) is 2.92. The Kier molecular flexibility index (Phi) is 4.26. The van der Waals surface area contributed by atoms with E-state index in [1.54, 1.807) is 0 Å². The number of hydrogen-bond donors (Lipinski definition) is 1. The predicted molar refractivity (Wildman–Crippen MR) is 71.2 cm³/mol. The molecule has 1 fully saturated rings. The maximum atomic E-state index is 11.8. The van der Waals surface area contributed by atoms with Gasteiger partial charge < -0.3 is 10.2 Å². The Bertz CT molecular complexity index is 411. The highest BCUT2D eigenvalue weighted by Gasteiger charge is 2.27. The van der Waals surface area contributed by atoms with Gasteiger partial charge >= 0.3 is 0 Å². The molecule has 2 rings (SSSR count). The first-order valence-electron chi connectivity index (χ1n) is 5.54. The van der Waals surface area contributed by atoms with Gasteiger partial charge in [-0.1, -0.05) is 17.7 Å². The normalized spacial score (nSPS) is 20.4. The van der Waals surface area contributed by atoms with E-state index in [0.29, 0.717) is 11.6 Å². The number of nitrogens with one attached hydrogen (secondary N) is 1. The van der Waals surface area contributed by atoms with E-state index in [9.17, 15) is 4.79 Å². The van der Waals surface area contributed by atoms with Crippen molar-refractivity contribution in [2.24, 2.45) is 0 Å². The van der Waals surface area contributed by atoms with Crippen molar-refractivity contribution >= 4 is 34.7 Å². The highest BCUT2D eigenvalue weighted by atomic mass is 35.5. The van der Waals surface area contributed by atoms with Gasteiger partial charge in [0.15, 0.2) is 5.78 Å². The van der Waals surface area contributed by atoms with E-state index in [1.807, 2.05) is 24.3 Å². The molecule has 0 bridgehead atoms. The number of benzene rings is 1. The smallest absolute Gasteiger partial charge is 0.171 e. The molecule has 1 aromatic carbocycles. The number of hydrogen-bond acceptors (Lipinski definition) is 3. The summed E-state index contributed by atoms with van der Waals surface area (Å²) in [6, 6.07) is 7.36. The van der Waals surface area contributed by atoms with Crippen molar-refractivity contribution in [3.63, 3.8) is 0 Å². The molecule has 1 heterocycles. The predicted octanol–water partition coefficient (Wildman–Crippen LogP) is 1.93. The molecule has 5 heteroatoms. The minimum absolute atomic E-state index is 0.0406. The first-order valence-corrected chi connectivity index (χ1v) is 6.45. The number of carbonyl (C=O) groups is 1. The molecule has 0 radical (unpaired) electrons. The average molecular weight is 273 g/mol. The maximum absolute atomic E-state index is 11.8. The number of anilines is 1. The van der Waals surface area contributed by atoms with Crippen molar-refractivity contribution in [3.8, 4) is 0 Å². The van der Waals surface area contributed by atoms with Crippen LogP contribution < -0.4 is 10.2 Å². The molecule has 0 amide bonds. The first-order chi connectivity index (χ1) is 8.22. The second-order valence-electron chi connectivity index (χ2n) is 3.99. The summed E-state index contributed by atoms with van der Waals surface area (Å²) in [6.07, 6.45) is 0. The van der Waals surface area contributed by atoms with Gasteiger partial charge in [0.1, 0.15) is 6.04 Å². The van der Waals surface area contributed by atoms with E-state index in [2.05, 4.69) is 10.2 Å². The SMILES string of the molecule is O=C(CCl)C1CNCCN1c1cccc(Cl)c1. The summed E-state index contributed by atoms with van der Waals surface area (Å²) in [7, 11) is 0. The first kappa shape index (κ1) is 12.7. The zero-order valence-corrected chi connectivity index (χ0v) is 10.8. The molecule has 1 saturated heterocycles. The second-order valence-corrected chi connectivity index (χ2v) is 4.70. The van der Waals surface area contributed by atoms with Crippen LogP contribution in [0.4, 0.5) is 5.69 Å². The third-order valence-electron chi connectivity index (χ3n) is 2.89. The van der Waals surface area contributed by atoms with E-state index >= 15 is 0 Å². The molecular formula is C12H14Cl2N2O. The molecule has 1 unspecified atom stereocenters. The lowest BCUT2D eigenvalue weighted by Crippen LogP contribution is -2.55. The van der Waals surface area contributed by atoms with Crippen LogP contribution >= 0.6 is 23.2 Å². The van der Waals surface area contributed by atoms with Crippen LogP contribution in [0.2, 0.25) is 5.02 Å². The molecule has 1 aliphatic rings. The fourth-order valence-corrected chi connectivity index (χ4v) is 2.41. The third-order valence-corrected chi connectivity index (χ3v) is 3.39. The topological polar surface area (TPSA) is 32.3 Å². The maximum Gasteiger partial charge on any atom is 0.171 e. The summed E-state index contributed by atoms with van der Waals surface area (Å²) in [4.78, 5) is 13.9. The highest BCUT2D eigenvalue weighted by Crippen LogP contribution is 2.22. The Morgan fingerprint density at radius 3 is 3.06 bits per heavy atom. The molecule has 1 aliphatic heterocycles. The molecule has 1 N–H and O–H groups in total. The van der Waals surface area contributed by atoms with Gasteiger partial charge in [0.25, 0.3) is 0 Å². The lowest BCUT2D eigenvalue weighted by atomic mass is 10.1. The van der Waals surface area contributed by atoms with Crippen LogP contribution in [0.1, 0.15) is 0 Å². The molecular weight excluding hydrogens is 259 g/mol. The summed E-state index contributed by atoms with van der Waals surface area (Å²) in [5.41, 5.74) is 0.975. The number of halogens is 2. The molecule has 3 nitrogen and oxygen atoms in total. The Balaban J connectivity index is 2.24. The molecule has 1 atom stereocenters. The fourth-order valence-electron chi connectivity index (χ4n) is 2.04. The number of alkyl halides is 1. The summed E-state index contributed by atoms with van der Waals surface area (Å²) in [6.45, 7) is 2.28. The van der Waals surface area contributed by atoms with Crippen molar-refractivity contribution in [2.45, 2.75) is 6.04 Å². The zero-order valence-electron chi connectivity index (χ0n) is 9.33. The average Bonchev–Trinajstić information content (AvgIpc) is 2.38. The van der Waals surface area contributed by atoms with Crippen LogP contribution in [0.15, 0.2) is 24.3 Å². The minimum atomic E-state index is -0.195.